The highest BCUT2D eigenvalue weighted by atomic mass is 16.5. The molecule has 0 unspecified atom stereocenters. The smallest absolute Gasteiger partial charge is 0.251 e. The Balaban J connectivity index is 1.80. The molecule has 5 nitrogen and oxygen atoms in total. The van der Waals surface area contributed by atoms with Gasteiger partial charge >= 0.3 is 0 Å². The summed E-state index contributed by atoms with van der Waals surface area (Å²) in [6, 6.07) is 11.7. The van der Waals surface area contributed by atoms with Gasteiger partial charge in [0.15, 0.2) is 0 Å². The van der Waals surface area contributed by atoms with Crippen molar-refractivity contribution in [2.24, 2.45) is 0 Å². The number of imidazole rings is 1. The van der Waals surface area contributed by atoms with E-state index in [-0.39, 0.29) is 5.91 Å². The Morgan fingerprint density at radius 3 is 2.69 bits per heavy atom. The van der Waals surface area contributed by atoms with Crippen molar-refractivity contribution in [3.8, 4) is 11.4 Å². The Morgan fingerprint density at radius 2 is 2.03 bits per heavy atom. The molecule has 0 saturated heterocycles. The minimum Gasteiger partial charge on any atom is -0.495 e. The van der Waals surface area contributed by atoms with E-state index in [4.69, 9.17) is 4.74 Å². The Hall–Kier alpha value is -3.34. The van der Waals surface area contributed by atoms with Crippen molar-refractivity contribution in [1.29, 1.82) is 0 Å². The van der Waals surface area contributed by atoms with E-state index in [0.717, 1.165) is 23.4 Å². The second kappa shape index (κ2) is 9.24. The topological polar surface area (TPSA) is 56.2 Å². The molecule has 0 radical (unpaired) electrons. The maximum absolute atomic E-state index is 12.8. The van der Waals surface area contributed by atoms with Gasteiger partial charge in [-0.25, -0.2) is 4.98 Å². The van der Waals surface area contributed by atoms with Crippen LogP contribution < -0.4 is 10.1 Å². The number of nitrogens with one attached hydrogen (secondary N) is 1. The first-order valence-electron chi connectivity index (χ1n) is 9.78. The second-order valence-corrected chi connectivity index (χ2v) is 6.84. The molecule has 0 aliphatic rings. The first kappa shape index (κ1) is 20.4. The maximum Gasteiger partial charge on any atom is 0.251 e. The van der Waals surface area contributed by atoms with Crippen molar-refractivity contribution >= 4 is 12.0 Å². The lowest BCUT2D eigenvalue weighted by Gasteiger charge is -2.13. The third kappa shape index (κ3) is 4.57. The van der Waals surface area contributed by atoms with Gasteiger partial charge in [0.05, 0.1) is 24.8 Å². The molecule has 0 aliphatic heterocycles. The van der Waals surface area contributed by atoms with Crippen LogP contribution in [0, 0.1) is 6.92 Å². The lowest BCUT2D eigenvalue weighted by atomic mass is 9.98. The largest absolute Gasteiger partial charge is 0.495 e. The molecule has 3 aromatic rings. The third-order valence-electron chi connectivity index (χ3n) is 4.87. The maximum atomic E-state index is 12.8. The first-order chi connectivity index (χ1) is 14.1. The summed E-state index contributed by atoms with van der Waals surface area (Å²) in [5.74, 6) is 0.489. The molecular formula is C24H27N3O2. The zero-order valence-corrected chi connectivity index (χ0v) is 17.4. The molecule has 1 aromatic heterocycles. The number of benzene rings is 2. The molecule has 0 bridgehead atoms. The van der Waals surface area contributed by atoms with E-state index in [1.165, 1.54) is 11.1 Å². The summed E-state index contributed by atoms with van der Waals surface area (Å²) in [6.45, 7) is 6.54. The molecule has 0 atom stereocenters. The average molecular weight is 389 g/mol. The number of hydrogen-bond donors (Lipinski definition) is 1. The van der Waals surface area contributed by atoms with E-state index in [1.807, 2.05) is 42.8 Å². The molecule has 1 N–H and O–H groups in total. The lowest BCUT2D eigenvalue weighted by Crippen LogP contribution is -2.23. The Bertz CT molecular complexity index is 1030. The van der Waals surface area contributed by atoms with Crippen molar-refractivity contribution in [1.82, 2.24) is 14.9 Å². The van der Waals surface area contributed by atoms with E-state index >= 15 is 0 Å². The number of allylic oxidation sites excluding steroid dienone is 1. The zero-order chi connectivity index (χ0) is 20.8. The van der Waals surface area contributed by atoms with Gasteiger partial charge in [0, 0.05) is 18.3 Å². The van der Waals surface area contributed by atoms with Crippen LogP contribution in [0.25, 0.3) is 11.8 Å². The number of rotatable bonds is 7. The predicted octanol–water partition coefficient (Wildman–Crippen LogP) is 4.71. The number of nitrogens with zero attached hydrogens (tertiary/aromatic N) is 2. The lowest BCUT2D eigenvalue weighted by molar-refractivity contribution is 0.0950. The summed E-state index contributed by atoms with van der Waals surface area (Å²) in [7, 11) is 1.60. The van der Waals surface area contributed by atoms with E-state index in [9.17, 15) is 4.79 Å². The number of ether oxygens (including phenoxy) is 1. The van der Waals surface area contributed by atoms with Crippen molar-refractivity contribution in [3.63, 3.8) is 0 Å². The number of carbonyl (C=O) groups excluding carboxylic acids is 1. The SMILES string of the molecule is C/C=C\c1c(CC)cccc1CNC(=O)c1ccc(-n2cnc(C)c2)c(OC)c1. The van der Waals surface area contributed by atoms with Gasteiger partial charge in [0.25, 0.3) is 5.91 Å². The molecule has 0 saturated carbocycles. The monoisotopic (exact) mass is 389 g/mol. The predicted molar refractivity (Wildman–Crippen MR) is 117 cm³/mol. The van der Waals surface area contributed by atoms with Crippen LogP contribution >= 0.6 is 0 Å². The van der Waals surface area contributed by atoms with Crippen LogP contribution in [0.5, 0.6) is 5.75 Å². The number of amides is 1. The highest BCUT2D eigenvalue weighted by Crippen LogP contribution is 2.25. The van der Waals surface area contributed by atoms with Crippen LogP contribution in [-0.2, 0) is 13.0 Å². The van der Waals surface area contributed by atoms with Gasteiger partial charge in [-0.1, -0.05) is 37.3 Å². The number of carbonyl (C=O) groups is 1. The van der Waals surface area contributed by atoms with Crippen LogP contribution in [0.3, 0.4) is 0 Å². The van der Waals surface area contributed by atoms with Crippen molar-refractivity contribution in [2.75, 3.05) is 7.11 Å². The van der Waals surface area contributed by atoms with Gasteiger partial charge in [0.2, 0.25) is 0 Å². The fourth-order valence-electron chi connectivity index (χ4n) is 3.37. The molecule has 150 valence electrons. The molecule has 0 spiro atoms. The molecule has 2 aromatic carbocycles. The highest BCUT2D eigenvalue weighted by Gasteiger charge is 2.13. The second-order valence-electron chi connectivity index (χ2n) is 6.84. The normalized spacial score (nSPS) is 11.0. The molecule has 1 amide bonds. The number of methoxy groups -OCH3 is 1. The van der Waals surface area contributed by atoms with E-state index in [2.05, 4.69) is 35.4 Å². The van der Waals surface area contributed by atoms with Gasteiger partial charge in [0.1, 0.15) is 5.75 Å². The first-order valence-corrected chi connectivity index (χ1v) is 9.78. The Morgan fingerprint density at radius 1 is 1.24 bits per heavy atom. The Labute approximate surface area is 172 Å². The quantitative estimate of drug-likeness (QED) is 0.636. The summed E-state index contributed by atoms with van der Waals surface area (Å²) in [4.78, 5) is 17.0. The average Bonchev–Trinajstić information content (AvgIpc) is 3.18. The summed E-state index contributed by atoms with van der Waals surface area (Å²) < 4.78 is 7.39. The Kier molecular flexibility index (Phi) is 6.50. The molecule has 1 heterocycles. The number of hydrogen-bond acceptors (Lipinski definition) is 3. The molecule has 3 rings (SSSR count). The standard InChI is InChI=1S/C24H27N3O2/c1-5-8-21-18(6-2)9-7-10-20(21)14-25-24(28)19-11-12-22(23(13-19)29-4)27-15-17(3)26-16-27/h5,7-13,15-16H,6,14H2,1-4H3,(H,25,28)/b8-5-. The molecule has 29 heavy (non-hydrogen) atoms. The van der Waals surface area contributed by atoms with Gasteiger partial charge in [-0.3, -0.25) is 4.79 Å². The highest BCUT2D eigenvalue weighted by molar-refractivity contribution is 5.95. The number of aromatic nitrogens is 2. The van der Waals surface area contributed by atoms with Gasteiger partial charge in [-0.2, -0.15) is 0 Å². The van der Waals surface area contributed by atoms with Gasteiger partial charge in [-0.15, -0.1) is 0 Å². The van der Waals surface area contributed by atoms with E-state index in [0.29, 0.717) is 17.9 Å². The third-order valence-corrected chi connectivity index (χ3v) is 4.87. The van der Waals surface area contributed by atoms with Crippen LogP contribution in [0.4, 0.5) is 0 Å². The summed E-state index contributed by atoms with van der Waals surface area (Å²) in [5.41, 5.74) is 5.88. The van der Waals surface area contributed by atoms with Crippen molar-refractivity contribution in [3.05, 3.63) is 82.9 Å². The minimum absolute atomic E-state index is 0.134. The summed E-state index contributed by atoms with van der Waals surface area (Å²) in [6.07, 6.45) is 8.73. The van der Waals surface area contributed by atoms with Crippen LogP contribution in [0.1, 0.15) is 46.6 Å². The van der Waals surface area contributed by atoms with Gasteiger partial charge < -0.3 is 14.6 Å². The zero-order valence-electron chi connectivity index (χ0n) is 17.4. The van der Waals surface area contributed by atoms with Crippen LogP contribution in [0.15, 0.2) is 55.0 Å². The van der Waals surface area contributed by atoms with Gasteiger partial charge in [-0.05, 0) is 55.2 Å². The molecule has 5 heteroatoms. The molecule has 0 fully saturated rings. The van der Waals surface area contributed by atoms with Crippen LogP contribution in [-0.4, -0.2) is 22.6 Å². The summed E-state index contributed by atoms with van der Waals surface area (Å²) in [5, 5.41) is 3.03. The summed E-state index contributed by atoms with van der Waals surface area (Å²) >= 11 is 0. The fourth-order valence-corrected chi connectivity index (χ4v) is 3.37. The van der Waals surface area contributed by atoms with E-state index in [1.54, 1.807) is 25.6 Å². The van der Waals surface area contributed by atoms with E-state index < -0.39 is 0 Å². The van der Waals surface area contributed by atoms with Crippen LogP contribution in [0.2, 0.25) is 0 Å². The minimum atomic E-state index is -0.134. The molecule has 0 aliphatic carbocycles. The van der Waals surface area contributed by atoms with Crippen molar-refractivity contribution < 1.29 is 9.53 Å². The molecular weight excluding hydrogens is 362 g/mol. The number of aryl methyl sites for hydroxylation is 2. The van der Waals surface area contributed by atoms with Crippen molar-refractivity contribution in [2.45, 2.75) is 33.7 Å². The fraction of sp³-hybridized carbons (Fsp3) is 0.250.